The molecule has 0 aliphatic heterocycles. The highest BCUT2D eigenvalue weighted by molar-refractivity contribution is 5.12. The van der Waals surface area contributed by atoms with Gasteiger partial charge in [-0.15, -0.1) is 0 Å². The standard InChI is InChI=1S/C9H16N2/c1-5-8-6-9(7(2)3)10-11(8)4/h6-7H,5H2,1-4H3. The fourth-order valence-electron chi connectivity index (χ4n) is 1.14. The quantitative estimate of drug-likeness (QED) is 0.634. The van der Waals surface area contributed by atoms with Gasteiger partial charge < -0.3 is 0 Å². The number of rotatable bonds is 2. The van der Waals surface area contributed by atoms with Gasteiger partial charge in [-0.25, -0.2) is 0 Å². The molecule has 2 heteroatoms. The highest BCUT2D eigenvalue weighted by Gasteiger charge is 2.05. The molecule has 0 aromatic carbocycles. The average Bonchev–Trinajstić information content (AvgIpc) is 2.31. The monoisotopic (exact) mass is 152 g/mol. The largest absolute Gasteiger partial charge is 0.272 e. The SMILES string of the molecule is CCc1cc(C(C)C)nn1C. The fraction of sp³-hybridized carbons (Fsp3) is 0.667. The normalized spacial score (nSPS) is 11.0. The minimum Gasteiger partial charge on any atom is -0.272 e. The van der Waals surface area contributed by atoms with Gasteiger partial charge in [0, 0.05) is 12.7 Å². The van der Waals surface area contributed by atoms with Gasteiger partial charge in [0.15, 0.2) is 0 Å². The highest BCUT2D eigenvalue weighted by Crippen LogP contribution is 2.13. The first-order valence-electron chi connectivity index (χ1n) is 4.18. The number of aromatic nitrogens is 2. The molecule has 0 N–H and O–H groups in total. The van der Waals surface area contributed by atoms with Gasteiger partial charge in [0.1, 0.15) is 0 Å². The predicted molar refractivity (Wildman–Crippen MR) is 46.7 cm³/mol. The Balaban J connectivity index is 2.95. The van der Waals surface area contributed by atoms with E-state index in [0.29, 0.717) is 5.92 Å². The molecule has 1 aromatic rings. The van der Waals surface area contributed by atoms with E-state index in [1.807, 2.05) is 11.7 Å². The molecule has 0 bridgehead atoms. The van der Waals surface area contributed by atoms with Gasteiger partial charge >= 0.3 is 0 Å². The molecule has 0 aliphatic rings. The third kappa shape index (κ3) is 1.62. The molecular weight excluding hydrogens is 136 g/mol. The lowest BCUT2D eigenvalue weighted by atomic mass is 10.1. The average molecular weight is 152 g/mol. The van der Waals surface area contributed by atoms with Gasteiger partial charge in [-0.05, 0) is 18.4 Å². The topological polar surface area (TPSA) is 17.8 Å². The maximum atomic E-state index is 4.40. The van der Waals surface area contributed by atoms with Crippen molar-refractivity contribution in [3.8, 4) is 0 Å². The van der Waals surface area contributed by atoms with E-state index in [4.69, 9.17) is 0 Å². The second kappa shape index (κ2) is 3.07. The molecule has 0 radical (unpaired) electrons. The van der Waals surface area contributed by atoms with Gasteiger partial charge in [-0.2, -0.15) is 5.10 Å². The molecule has 0 amide bonds. The summed E-state index contributed by atoms with van der Waals surface area (Å²) < 4.78 is 1.97. The maximum absolute atomic E-state index is 4.40. The summed E-state index contributed by atoms with van der Waals surface area (Å²) in [5.74, 6) is 0.543. The van der Waals surface area contributed by atoms with Crippen molar-refractivity contribution in [2.45, 2.75) is 33.1 Å². The summed E-state index contributed by atoms with van der Waals surface area (Å²) in [6.07, 6.45) is 1.07. The third-order valence-corrected chi connectivity index (χ3v) is 1.95. The molecule has 0 saturated carbocycles. The molecule has 2 nitrogen and oxygen atoms in total. The summed E-state index contributed by atoms with van der Waals surface area (Å²) in [5, 5.41) is 4.40. The first-order valence-corrected chi connectivity index (χ1v) is 4.18. The Labute approximate surface area is 68.2 Å². The van der Waals surface area contributed by atoms with Crippen LogP contribution in [0.3, 0.4) is 0 Å². The summed E-state index contributed by atoms with van der Waals surface area (Å²) >= 11 is 0. The maximum Gasteiger partial charge on any atom is 0.0652 e. The summed E-state index contributed by atoms with van der Waals surface area (Å²) in [6, 6.07) is 2.19. The van der Waals surface area contributed by atoms with Crippen LogP contribution in [0.25, 0.3) is 0 Å². The molecule has 0 spiro atoms. The van der Waals surface area contributed by atoms with Crippen molar-refractivity contribution >= 4 is 0 Å². The molecule has 1 aromatic heterocycles. The molecule has 0 unspecified atom stereocenters. The molecule has 11 heavy (non-hydrogen) atoms. The van der Waals surface area contributed by atoms with Gasteiger partial charge in [0.2, 0.25) is 0 Å². The third-order valence-electron chi connectivity index (χ3n) is 1.95. The molecule has 0 saturated heterocycles. The number of nitrogens with zero attached hydrogens (tertiary/aromatic N) is 2. The lowest BCUT2D eigenvalue weighted by Gasteiger charge is -1.95. The Bertz CT molecular complexity index is 236. The zero-order valence-corrected chi connectivity index (χ0v) is 7.76. The van der Waals surface area contributed by atoms with E-state index in [1.165, 1.54) is 11.4 Å². The van der Waals surface area contributed by atoms with Crippen LogP contribution >= 0.6 is 0 Å². The molecule has 62 valence electrons. The van der Waals surface area contributed by atoms with E-state index in [-0.39, 0.29) is 0 Å². The van der Waals surface area contributed by atoms with Gasteiger partial charge in [-0.3, -0.25) is 4.68 Å². The first kappa shape index (κ1) is 8.31. The van der Waals surface area contributed by atoms with E-state index in [1.54, 1.807) is 0 Å². The van der Waals surface area contributed by atoms with E-state index in [9.17, 15) is 0 Å². The molecule has 1 rings (SSSR count). The van der Waals surface area contributed by atoms with Crippen LogP contribution in [0.15, 0.2) is 6.07 Å². The Morgan fingerprint density at radius 2 is 2.18 bits per heavy atom. The van der Waals surface area contributed by atoms with Crippen LogP contribution in [-0.4, -0.2) is 9.78 Å². The minimum absolute atomic E-state index is 0.543. The van der Waals surface area contributed by atoms with Crippen LogP contribution < -0.4 is 0 Å². The van der Waals surface area contributed by atoms with Crippen LogP contribution in [0.4, 0.5) is 0 Å². The highest BCUT2D eigenvalue weighted by atomic mass is 15.3. The number of aryl methyl sites for hydroxylation is 2. The van der Waals surface area contributed by atoms with Crippen molar-refractivity contribution in [2.75, 3.05) is 0 Å². The van der Waals surface area contributed by atoms with Gasteiger partial charge in [0.05, 0.1) is 5.69 Å². The first-order chi connectivity index (χ1) is 5.15. The van der Waals surface area contributed by atoms with Crippen LogP contribution in [-0.2, 0) is 13.5 Å². The Morgan fingerprint density at radius 1 is 1.55 bits per heavy atom. The van der Waals surface area contributed by atoms with E-state index in [0.717, 1.165) is 6.42 Å². The lowest BCUT2D eigenvalue weighted by molar-refractivity contribution is 0.685. The zero-order chi connectivity index (χ0) is 8.43. The summed E-state index contributed by atoms with van der Waals surface area (Å²) in [7, 11) is 2.00. The molecule has 0 fully saturated rings. The van der Waals surface area contributed by atoms with Crippen LogP contribution in [0.1, 0.15) is 38.1 Å². The van der Waals surface area contributed by atoms with Crippen LogP contribution in [0.2, 0.25) is 0 Å². The van der Waals surface area contributed by atoms with Crippen molar-refractivity contribution in [1.29, 1.82) is 0 Å². The van der Waals surface area contributed by atoms with Crippen molar-refractivity contribution in [1.82, 2.24) is 9.78 Å². The number of hydrogen-bond donors (Lipinski definition) is 0. The van der Waals surface area contributed by atoms with Crippen molar-refractivity contribution < 1.29 is 0 Å². The number of hydrogen-bond acceptors (Lipinski definition) is 1. The smallest absolute Gasteiger partial charge is 0.0652 e. The van der Waals surface area contributed by atoms with E-state index >= 15 is 0 Å². The van der Waals surface area contributed by atoms with Gasteiger partial charge in [0.25, 0.3) is 0 Å². The molecule has 0 aliphatic carbocycles. The summed E-state index contributed by atoms with van der Waals surface area (Å²) in [6.45, 7) is 6.49. The Hall–Kier alpha value is -0.790. The van der Waals surface area contributed by atoms with Crippen molar-refractivity contribution in [3.05, 3.63) is 17.5 Å². The molecule has 0 atom stereocenters. The Kier molecular flexibility index (Phi) is 2.32. The van der Waals surface area contributed by atoms with E-state index < -0.39 is 0 Å². The second-order valence-electron chi connectivity index (χ2n) is 3.19. The van der Waals surface area contributed by atoms with Gasteiger partial charge in [-0.1, -0.05) is 20.8 Å². The lowest BCUT2D eigenvalue weighted by Crippen LogP contribution is -1.96. The van der Waals surface area contributed by atoms with Crippen LogP contribution in [0, 0.1) is 0 Å². The second-order valence-corrected chi connectivity index (χ2v) is 3.19. The fourth-order valence-corrected chi connectivity index (χ4v) is 1.14. The minimum atomic E-state index is 0.543. The summed E-state index contributed by atoms with van der Waals surface area (Å²) in [4.78, 5) is 0. The van der Waals surface area contributed by atoms with Crippen molar-refractivity contribution in [2.24, 2.45) is 7.05 Å². The zero-order valence-electron chi connectivity index (χ0n) is 7.76. The summed E-state index contributed by atoms with van der Waals surface area (Å²) in [5.41, 5.74) is 2.51. The Morgan fingerprint density at radius 3 is 2.45 bits per heavy atom. The van der Waals surface area contributed by atoms with Crippen LogP contribution in [0.5, 0.6) is 0 Å². The molecule has 1 heterocycles. The van der Waals surface area contributed by atoms with Crippen molar-refractivity contribution in [3.63, 3.8) is 0 Å². The predicted octanol–water partition coefficient (Wildman–Crippen LogP) is 2.11. The van der Waals surface area contributed by atoms with E-state index in [2.05, 4.69) is 31.9 Å². The molecular formula is C9H16N2.